The number of carbonyl (C=O) groups is 3. The molecule has 34 heavy (non-hydrogen) atoms. The number of fused-ring (bicyclic) bond motifs is 3. The third-order valence-corrected chi connectivity index (χ3v) is 7.13. The number of amides is 2. The molecule has 2 fully saturated rings. The van der Waals surface area contributed by atoms with E-state index >= 15 is 0 Å². The van der Waals surface area contributed by atoms with Crippen molar-refractivity contribution in [1.82, 2.24) is 10.2 Å². The third-order valence-electron chi connectivity index (χ3n) is 7.13. The second-order valence-electron chi connectivity index (χ2n) is 9.34. The summed E-state index contributed by atoms with van der Waals surface area (Å²) in [5.74, 6) is -0.906. The topological polar surface area (TPSA) is 105 Å². The van der Waals surface area contributed by atoms with Gasteiger partial charge in [-0.3, -0.25) is 9.59 Å². The summed E-state index contributed by atoms with van der Waals surface area (Å²) in [4.78, 5) is 38.5. The van der Waals surface area contributed by atoms with Gasteiger partial charge in [-0.15, -0.1) is 0 Å². The lowest BCUT2D eigenvalue weighted by atomic mass is 9.89. The van der Waals surface area contributed by atoms with Crippen molar-refractivity contribution in [2.75, 3.05) is 32.9 Å². The second-order valence-corrected chi connectivity index (χ2v) is 9.34. The molecule has 0 saturated carbocycles. The van der Waals surface area contributed by atoms with Crippen LogP contribution >= 0.6 is 0 Å². The largest absolute Gasteiger partial charge is 0.481 e. The summed E-state index contributed by atoms with van der Waals surface area (Å²) in [5, 5.41) is 11.7. The predicted molar refractivity (Wildman–Crippen MR) is 123 cm³/mol. The minimum atomic E-state index is -1.14. The van der Waals surface area contributed by atoms with Crippen LogP contribution in [0.1, 0.15) is 36.3 Å². The third kappa shape index (κ3) is 4.14. The van der Waals surface area contributed by atoms with Crippen LogP contribution in [0.15, 0.2) is 48.5 Å². The molecule has 2 aliphatic heterocycles. The number of carboxylic acid groups (broad SMARTS) is 1. The van der Waals surface area contributed by atoms with Gasteiger partial charge in [0, 0.05) is 38.5 Å². The lowest BCUT2D eigenvalue weighted by Crippen LogP contribution is -2.64. The van der Waals surface area contributed by atoms with Crippen LogP contribution in [0.3, 0.4) is 0 Å². The zero-order chi connectivity index (χ0) is 23.7. The number of rotatable bonds is 7. The van der Waals surface area contributed by atoms with E-state index in [0.29, 0.717) is 32.5 Å². The molecule has 2 heterocycles. The summed E-state index contributed by atoms with van der Waals surface area (Å²) in [6.07, 6.45) is 0.386. The molecule has 2 aromatic rings. The van der Waals surface area contributed by atoms with Gasteiger partial charge >= 0.3 is 12.1 Å². The zero-order valence-corrected chi connectivity index (χ0v) is 18.9. The number of hydrogen-bond donors (Lipinski definition) is 2. The van der Waals surface area contributed by atoms with Gasteiger partial charge in [0.2, 0.25) is 0 Å². The smallest absolute Gasteiger partial charge is 0.408 e. The molecule has 1 atom stereocenters. The van der Waals surface area contributed by atoms with E-state index in [9.17, 15) is 14.4 Å². The molecule has 0 aromatic heterocycles. The zero-order valence-electron chi connectivity index (χ0n) is 18.9. The summed E-state index contributed by atoms with van der Waals surface area (Å²) in [6, 6.07) is 16.2. The molecule has 0 radical (unpaired) electrons. The summed E-state index contributed by atoms with van der Waals surface area (Å²) in [6.45, 7) is 1.66. The van der Waals surface area contributed by atoms with Gasteiger partial charge in [0.05, 0.1) is 6.61 Å². The van der Waals surface area contributed by atoms with E-state index in [1.165, 1.54) is 0 Å². The number of likely N-dealkylation sites (tertiary alicyclic amines) is 1. The average molecular weight is 465 g/mol. The maximum Gasteiger partial charge on any atom is 0.408 e. The molecule has 2 amide bonds. The molecular formula is C26H28N2O6. The minimum absolute atomic E-state index is 0.0602. The Kier molecular flexibility index (Phi) is 6.00. The highest BCUT2D eigenvalue weighted by atomic mass is 16.6. The maximum absolute atomic E-state index is 13.2. The molecule has 2 aromatic carbocycles. The van der Waals surface area contributed by atoms with Crippen molar-refractivity contribution in [2.24, 2.45) is 5.92 Å². The summed E-state index contributed by atoms with van der Waals surface area (Å²) >= 11 is 0. The van der Waals surface area contributed by atoms with Gasteiger partial charge in [-0.05, 0) is 34.6 Å². The van der Waals surface area contributed by atoms with Crippen molar-refractivity contribution in [3.63, 3.8) is 0 Å². The van der Waals surface area contributed by atoms with E-state index in [2.05, 4.69) is 29.6 Å². The predicted octanol–water partition coefficient (Wildman–Crippen LogP) is 3.01. The number of carbonyl (C=O) groups excluding carboxylic acids is 2. The molecule has 0 bridgehead atoms. The van der Waals surface area contributed by atoms with Crippen LogP contribution in [0.4, 0.5) is 4.79 Å². The standard InChI is InChI=1S/C26H28N2O6/c29-23(30)10-9-17-13-28(14-17)24(31)26(11-12-33-16-26)27-25(32)34-15-22-20-7-3-1-5-18(20)19-6-2-4-8-21(19)22/h1-8,17,22H,9-16H2,(H,27,32)(H,29,30). The van der Waals surface area contributed by atoms with Crippen LogP contribution in [-0.4, -0.2) is 66.4 Å². The second kappa shape index (κ2) is 9.10. The SMILES string of the molecule is O=C(O)CCC1CN(C(=O)C2(NC(=O)OCC3c4ccccc4-c4ccccc43)CCOC2)C1. The minimum Gasteiger partial charge on any atom is -0.481 e. The molecule has 178 valence electrons. The van der Waals surface area contributed by atoms with Gasteiger partial charge in [-0.2, -0.15) is 0 Å². The number of nitrogens with zero attached hydrogens (tertiary/aromatic N) is 1. The van der Waals surface area contributed by atoms with Crippen molar-refractivity contribution in [2.45, 2.75) is 30.7 Å². The number of carboxylic acids is 1. The summed E-state index contributed by atoms with van der Waals surface area (Å²) < 4.78 is 11.1. The van der Waals surface area contributed by atoms with Gasteiger partial charge in [0.15, 0.2) is 0 Å². The quantitative estimate of drug-likeness (QED) is 0.653. The van der Waals surface area contributed by atoms with Crippen LogP contribution in [0.25, 0.3) is 11.1 Å². The van der Waals surface area contributed by atoms with Crippen LogP contribution in [-0.2, 0) is 19.1 Å². The molecule has 0 spiro atoms. The van der Waals surface area contributed by atoms with Crippen LogP contribution in [0.2, 0.25) is 0 Å². The van der Waals surface area contributed by atoms with Gasteiger partial charge in [-0.25, -0.2) is 4.79 Å². The Morgan fingerprint density at radius 1 is 1.06 bits per heavy atom. The van der Waals surface area contributed by atoms with E-state index in [1.54, 1.807) is 4.90 Å². The number of benzene rings is 2. The highest BCUT2D eigenvalue weighted by Crippen LogP contribution is 2.44. The number of aliphatic carboxylic acids is 1. The first kappa shape index (κ1) is 22.4. The monoisotopic (exact) mass is 464 g/mol. The number of alkyl carbamates (subject to hydrolysis) is 1. The molecule has 1 aliphatic carbocycles. The van der Waals surface area contributed by atoms with Crippen molar-refractivity contribution < 1.29 is 29.0 Å². The molecule has 2 saturated heterocycles. The molecule has 1 unspecified atom stereocenters. The van der Waals surface area contributed by atoms with Gasteiger partial charge < -0.3 is 24.8 Å². The molecular weight excluding hydrogens is 436 g/mol. The van der Waals surface area contributed by atoms with Crippen molar-refractivity contribution in [3.05, 3.63) is 59.7 Å². The molecule has 8 nitrogen and oxygen atoms in total. The highest BCUT2D eigenvalue weighted by molar-refractivity contribution is 5.91. The van der Waals surface area contributed by atoms with Crippen LogP contribution < -0.4 is 5.32 Å². The van der Waals surface area contributed by atoms with E-state index in [0.717, 1.165) is 22.3 Å². The van der Waals surface area contributed by atoms with Gasteiger partial charge in [-0.1, -0.05) is 48.5 Å². The van der Waals surface area contributed by atoms with Crippen molar-refractivity contribution >= 4 is 18.0 Å². The summed E-state index contributed by atoms with van der Waals surface area (Å²) in [5.41, 5.74) is 3.41. The van der Waals surface area contributed by atoms with Gasteiger partial charge in [0.1, 0.15) is 12.1 Å². The Hall–Kier alpha value is -3.39. The Morgan fingerprint density at radius 3 is 2.29 bits per heavy atom. The van der Waals surface area contributed by atoms with E-state index in [-0.39, 0.29) is 37.4 Å². The van der Waals surface area contributed by atoms with Crippen LogP contribution in [0, 0.1) is 5.92 Å². The van der Waals surface area contributed by atoms with E-state index < -0.39 is 17.6 Å². The molecule has 2 N–H and O–H groups in total. The Balaban J connectivity index is 1.21. The van der Waals surface area contributed by atoms with Crippen molar-refractivity contribution in [3.8, 4) is 11.1 Å². The molecule has 3 aliphatic rings. The first-order valence-corrected chi connectivity index (χ1v) is 11.7. The van der Waals surface area contributed by atoms with E-state index in [1.807, 2.05) is 24.3 Å². The van der Waals surface area contributed by atoms with Gasteiger partial charge in [0.25, 0.3) is 5.91 Å². The first-order chi connectivity index (χ1) is 16.5. The fourth-order valence-electron chi connectivity index (χ4n) is 5.26. The lowest BCUT2D eigenvalue weighted by molar-refractivity contribution is -0.145. The molecule has 8 heteroatoms. The first-order valence-electron chi connectivity index (χ1n) is 11.7. The van der Waals surface area contributed by atoms with Crippen molar-refractivity contribution in [1.29, 1.82) is 0 Å². The Morgan fingerprint density at radius 2 is 1.71 bits per heavy atom. The Labute approximate surface area is 197 Å². The number of ether oxygens (including phenoxy) is 2. The summed E-state index contributed by atoms with van der Waals surface area (Å²) in [7, 11) is 0. The fraction of sp³-hybridized carbons (Fsp3) is 0.423. The normalized spacial score (nSPS) is 21.5. The highest BCUT2D eigenvalue weighted by Gasteiger charge is 2.49. The Bertz CT molecular complexity index is 1060. The van der Waals surface area contributed by atoms with E-state index in [4.69, 9.17) is 14.6 Å². The average Bonchev–Trinajstić information content (AvgIpc) is 3.40. The fourth-order valence-corrected chi connectivity index (χ4v) is 5.26. The molecule has 5 rings (SSSR count). The number of nitrogens with one attached hydrogen (secondary N) is 1. The lowest BCUT2D eigenvalue weighted by Gasteiger charge is -2.43. The maximum atomic E-state index is 13.2. The van der Waals surface area contributed by atoms with Crippen LogP contribution in [0.5, 0.6) is 0 Å². The number of hydrogen-bond acceptors (Lipinski definition) is 5.